The molecule has 0 saturated heterocycles. The minimum atomic E-state index is 0.273. The molecule has 2 unspecified atom stereocenters. The molecular formula is C7H12BN2. The molecule has 0 bridgehead atoms. The quantitative estimate of drug-likeness (QED) is 0.328. The van der Waals surface area contributed by atoms with E-state index in [-0.39, 0.29) is 6.04 Å². The van der Waals surface area contributed by atoms with E-state index in [9.17, 15) is 0 Å². The van der Waals surface area contributed by atoms with Crippen LogP contribution in [0.2, 0.25) is 12.6 Å². The lowest BCUT2D eigenvalue weighted by molar-refractivity contribution is 0.620. The average Bonchev–Trinajstić information content (AvgIpc) is 2.04. The molecule has 0 aliphatic heterocycles. The van der Waals surface area contributed by atoms with Crippen molar-refractivity contribution in [2.45, 2.75) is 18.7 Å². The number of rotatable bonds is 2. The highest BCUT2D eigenvalue weighted by molar-refractivity contribution is 6.37. The number of hydrogen-bond acceptors (Lipinski definition) is 2. The Labute approximate surface area is 62.4 Å². The van der Waals surface area contributed by atoms with Gasteiger partial charge in [0.2, 0.25) is 0 Å². The van der Waals surface area contributed by atoms with Crippen LogP contribution >= 0.6 is 0 Å². The second-order valence-electron chi connectivity index (χ2n) is 2.37. The van der Waals surface area contributed by atoms with Gasteiger partial charge in [0, 0.05) is 6.04 Å². The summed E-state index contributed by atoms with van der Waals surface area (Å²) in [5, 5.41) is 0. The van der Waals surface area contributed by atoms with Gasteiger partial charge in [-0.15, -0.1) is 0 Å². The van der Waals surface area contributed by atoms with Gasteiger partial charge in [0.1, 0.15) is 7.28 Å². The van der Waals surface area contributed by atoms with Crippen molar-refractivity contribution in [1.29, 1.82) is 0 Å². The fourth-order valence-corrected chi connectivity index (χ4v) is 1.11. The van der Waals surface area contributed by atoms with Gasteiger partial charge in [-0.25, -0.2) is 0 Å². The average molecular weight is 135 g/mol. The molecule has 1 rings (SSSR count). The van der Waals surface area contributed by atoms with E-state index in [2.05, 4.69) is 24.9 Å². The van der Waals surface area contributed by atoms with Crippen LogP contribution in [0.1, 0.15) is 0 Å². The van der Waals surface area contributed by atoms with Gasteiger partial charge in [-0.3, -0.25) is 11.3 Å². The molecule has 1 radical (unpaired) electrons. The lowest BCUT2D eigenvalue weighted by atomic mass is 9.62. The van der Waals surface area contributed by atoms with Gasteiger partial charge in [0.15, 0.2) is 0 Å². The zero-order valence-corrected chi connectivity index (χ0v) is 6.12. The van der Waals surface area contributed by atoms with E-state index in [0.29, 0.717) is 5.82 Å². The number of allylic oxidation sites excluding steroid dienone is 2. The van der Waals surface area contributed by atoms with Gasteiger partial charge < -0.3 is 0 Å². The van der Waals surface area contributed by atoms with E-state index in [1.54, 1.807) is 0 Å². The van der Waals surface area contributed by atoms with Crippen LogP contribution in [0.5, 0.6) is 0 Å². The lowest BCUT2D eigenvalue weighted by Gasteiger charge is -2.21. The molecule has 2 nitrogen and oxygen atoms in total. The number of nitrogens with two attached hydrogens (primary N) is 1. The molecule has 3 N–H and O–H groups in total. The first kappa shape index (κ1) is 7.57. The third kappa shape index (κ3) is 1.49. The van der Waals surface area contributed by atoms with Crippen molar-refractivity contribution in [3.8, 4) is 0 Å². The zero-order chi connectivity index (χ0) is 7.40. The molecule has 0 amide bonds. The predicted octanol–water partition coefficient (Wildman–Crippen LogP) is 0.485. The molecule has 0 spiro atoms. The summed E-state index contributed by atoms with van der Waals surface area (Å²) in [7, 11) is 2.13. The maximum atomic E-state index is 5.31. The molecule has 1 aliphatic rings. The summed E-state index contributed by atoms with van der Waals surface area (Å²) in [5.41, 5.74) is 2.74. The minimum absolute atomic E-state index is 0.273. The third-order valence-electron chi connectivity index (χ3n) is 1.75. The summed E-state index contributed by atoms with van der Waals surface area (Å²) in [6, 6.07) is 0.273. The van der Waals surface area contributed by atoms with Crippen LogP contribution in [0.4, 0.5) is 0 Å². The molecular weight excluding hydrogens is 123 g/mol. The van der Waals surface area contributed by atoms with Gasteiger partial charge in [0.25, 0.3) is 0 Å². The number of hydrogen-bond donors (Lipinski definition) is 2. The first-order valence-electron chi connectivity index (χ1n) is 3.49. The largest absolute Gasteiger partial charge is 0.271 e. The normalized spacial score (nSPS) is 30.6. The van der Waals surface area contributed by atoms with Crippen molar-refractivity contribution in [2.24, 2.45) is 5.84 Å². The van der Waals surface area contributed by atoms with Gasteiger partial charge >= 0.3 is 0 Å². The summed E-state index contributed by atoms with van der Waals surface area (Å²) in [6.07, 6.45) is 8.23. The molecule has 2 atom stereocenters. The van der Waals surface area contributed by atoms with Crippen LogP contribution < -0.4 is 11.3 Å². The third-order valence-corrected chi connectivity index (χ3v) is 1.75. The van der Waals surface area contributed by atoms with Crippen LogP contribution in [-0.2, 0) is 0 Å². The lowest BCUT2D eigenvalue weighted by Crippen LogP contribution is -2.38. The monoisotopic (exact) mass is 135 g/mol. The summed E-state index contributed by atoms with van der Waals surface area (Å²) >= 11 is 0. The van der Waals surface area contributed by atoms with Gasteiger partial charge in [-0.1, -0.05) is 31.1 Å². The first-order valence-corrected chi connectivity index (χ1v) is 3.49. The molecule has 53 valence electrons. The summed E-state index contributed by atoms with van der Waals surface area (Å²) in [4.78, 5) is 0. The van der Waals surface area contributed by atoms with Crippen LogP contribution in [-0.4, -0.2) is 13.3 Å². The Morgan fingerprint density at radius 3 is 2.60 bits per heavy atom. The second kappa shape index (κ2) is 3.59. The molecule has 0 aromatic carbocycles. The summed E-state index contributed by atoms with van der Waals surface area (Å²) < 4.78 is 0. The second-order valence-corrected chi connectivity index (χ2v) is 2.37. The molecule has 0 aromatic heterocycles. The molecule has 0 saturated carbocycles. The Bertz CT molecular complexity index is 136. The molecule has 0 heterocycles. The fraction of sp³-hybridized carbons (Fsp3) is 0.429. The smallest absolute Gasteiger partial charge is 0.117 e. The highest BCUT2D eigenvalue weighted by Crippen LogP contribution is 2.16. The van der Waals surface area contributed by atoms with E-state index >= 15 is 0 Å². The van der Waals surface area contributed by atoms with E-state index in [0.717, 1.165) is 0 Å². The van der Waals surface area contributed by atoms with Crippen molar-refractivity contribution in [3.05, 3.63) is 24.3 Å². The Kier molecular flexibility index (Phi) is 2.72. The van der Waals surface area contributed by atoms with E-state index < -0.39 is 0 Å². The van der Waals surface area contributed by atoms with Crippen molar-refractivity contribution in [2.75, 3.05) is 0 Å². The zero-order valence-electron chi connectivity index (χ0n) is 6.12. The molecule has 0 aromatic rings. The summed E-state index contributed by atoms with van der Waals surface area (Å²) in [6.45, 7) is 2.04. The first-order chi connectivity index (χ1) is 4.88. The standard InChI is InChI=1S/C7H12BN2/c1-8-6-4-2-3-5-7(6)10-9/h2-7,10H,9H2,1H3. The summed E-state index contributed by atoms with van der Waals surface area (Å²) in [5.74, 6) is 5.75. The molecule has 0 fully saturated rings. The molecule has 10 heavy (non-hydrogen) atoms. The Balaban J connectivity index is 2.55. The Hall–Kier alpha value is -0.535. The number of nitrogens with one attached hydrogen (secondary N) is 1. The SMILES string of the molecule is C[B]C1C=CC=CC1NN. The van der Waals surface area contributed by atoms with Gasteiger partial charge in [-0.05, 0) is 5.82 Å². The highest BCUT2D eigenvalue weighted by atomic mass is 15.2. The van der Waals surface area contributed by atoms with Crippen LogP contribution in [0.15, 0.2) is 24.3 Å². The fourth-order valence-electron chi connectivity index (χ4n) is 1.11. The van der Waals surface area contributed by atoms with Crippen LogP contribution in [0.25, 0.3) is 0 Å². The van der Waals surface area contributed by atoms with Crippen molar-refractivity contribution in [3.63, 3.8) is 0 Å². The maximum Gasteiger partial charge on any atom is 0.117 e. The minimum Gasteiger partial charge on any atom is -0.271 e. The maximum absolute atomic E-state index is 5.31. The Morgan fingerprint density at radius 2 is 2.10 bits per heavy atom. The van der Waals surface area contributed by atoms with Crippen molar-refractivity contribution < 1.29 is 0 Å². The van der Waals surface area contributed by atoms with Gasteiger partial charge in [-0.2, -0.15) is 0 Å². The highest BCUT2D eigenvalue weighted by Gasteiger charge is 2.14. The van der Waals surface area contributed by atoms with Crippen LogP contribution in [0, 0.1) is 0 Å². The molecule has 1 aliphatic carbocycles. The van der Waals surface area contributed by atoms with E-state index in [1.165, 1.54) is 0 Å². The van der Waals surface area contributed by atoms with Gasteiger partial charge in [0.05, 0.1) is 0 Å². The predicted molar refractivity (Wildman–Crippen MR) is 44.8 cm³/mol. The van der Waals surface area contributed by atoms with E-state index in [1.807, 2.05) is 19.0 Å². The van der Waals surface area contributed by atoms with Crippen LogP contribution in [0.3, 0.4) is 0 Å². The number of hydrazine groups is 1. The van der Waals surface area contributed by atoms with Crippen molar-refractivity contribution in [1.82, 2.24) is 5.43 Å². The van der Waals surface area contributed by atoms with E-state index in [4.69, 9.17) is 5.84 Å². The van der Waals surface area contributed by atoms with Crippen molar-refractivity contribution >= 4 is 7.28 Å². The topological polar surface area (TPSA) is 38.0 Å². The molecule has 3 heteroatoms. The Morgan fingerprint density at radius 1 is 1.40 bits per heavy atom.